The van der Waals surface area contributed by atoms with Gasteiger partial charge >= 0.3 is 0 Å². The third-order valence-corrected chi connectivity index (χ3v) is 2.62. The number of anilines is 1. The van der Waals surface area contributed by atoms with Gasteiger partial charge in [-0.05, 0) is 43.5 Å². The number of hydrazone groups is 1. The van der Waals surface area contributed by atoms with Crippen molar-refractivity contribution in [2.24, 2.45) is 11.0 Å². The highest BCUT2D eigenvalue weighted by Gasteiger charge is 2.02. The topological polar surface area (TPSA) is 62.7 Å². The minimum atomic E-state index is -0.163. The molecule has 1 aromatic carbocycles. The standard InChI is InChI=1S/C15H23N3O2/c1-11(2)9-12(3)17-18-15(19)10-16-13-5-7-14(20-4)8-6-13/h5-8,11,16H,9-10H2,1-4H3,(H,18,19)/b17-12-. The van der Waals surface area contributed by atoms with Crippen LogP contribution in [0.15, 0.2) is 29.4 Å². The van der Waals surface area contributed by atoms with Gasteiger partial charge in [-0.2, -0.15) is 5.10 Å². The lowest BCUT2D eigenvalue weighted by molar-refractivity contribution is -0.119. The lowest BCUT2D eigenvalue weighted by atomic mass is 10.1. The van der Waals surface area contributed by atoms with Gasteiger partial charge in [-0.1, -0.05) is 13.8 Å². The fourth-order valence-corrected chi connectivity index (χ4v) is 1.72. The number of rotatable bonds is 7. The summed E-state index contributed by atoms with van der Waals surface area (Å²) in [4.78, 5) is 11.6. The SMILES string of the molecule is COc1ccc(NCC(=O)N/N=C(/C)CC(C)C)cc1. The number of hydrogen-bond donors (Lipinski definition) is 2. The van der Waals surface area contributed by atoms with E-state index in [4.69, 9.17) is 4.74 Å². The van der Waals surface area contributed by atoms with Gasteiger partial charge in [-0.25, -0.2) is 5.43 Å². The molecule has 0 unspecified atom stereocenters. The Kier molecular flexibility index (Phi) is 6.56. The number of carbonyl (C=O) groups excluding carboxylic acids is 1. The van der Waals surface area contributed by atoms with Crippen LogP contribution in [0, 0.1) is 5.92 Å². The first-order valence-corrected chi connectivity index (χ1v) is 6.71. The molecule has 0 aliphatic rings. The highest BCUT2D eigenvalue weighted by molar-refractivity contribution is 5.85. The summed E-state index contributed by atoms with van der Waals surface area (Å²) in [5.74, 6) is 1.16. The molecule has 1 amide bonds. The Morgan fingerprint density at radius 2 is 1.95 bits per heavy atom. The van der Waals surface area contributed by atoms with Crippen LogP contribution in [0.2, 0.25) is 0 Å². The van der Waals surface area contributed by atoms with Crippen molar-refractivity contribution in [1.29, 1.82) is 0 Å². The van der Waals surface area contributed by atoms with Crippen molar-refractivity contribution in [1.82, 2.24) is 5.43 Å². The minimum Gasteiger partial charge on any atom is -0.497 e. The fourth-order valence-electron chi connectivity index (χ4n) is 1.72. The van der Waals surface area contributed by atoms with Gasteiger partial charge in [0.1, 0.15) is 5.75 Å². The molecule has 0 atom stereocenters. The van der Waals surface area contributed by atoms with Crippen LogP contribution in [0.3, 0.4) is 0 Å². The first-order valence-electron chi connectivity index (χ1n) is 6.71. The van der Waals surface area contributed by atoms with Gasteiger partial charge in [0.15, 0.2) is 0 Å². The zero-order valence-electron chi connectivity index (χ0n) is 12.6. The van der Waals surface area contributed by atoms with Gasteiger partial charge in [0.25, 0.3) is 5.91 Å². The van der Waals surface area contributed by atoms with Crippen LogP contribution in [0.4, 0.5) is 5.69 Å². The van der Waals surface area contributed by atoms with Crippen molar-refractivity contribution < 1.29 is 9.53 Å². The summed E-state index contributed by atoms with van der Waals surface area (Å²) >= 11 is 0. The summed E-state index contributed by atoms with van der Waals surface area (Å²) in [5.41, 5.74) is 4.34. The molecule has 0 radical (unpaired) electrons. The molecule has 0 bridgehead atoms. The van der Waals surface area contributed by atoms with Crippen molar-refractivity contribution in [2.75, 3.05) is 19.0 Å². The van der Waals surface area contributed by atoms with Gasteiger partial charge in [-0.15, -0.1) is 0 Å². The predicted octanol–water partition coefficient (Wildman–Crippen LogP) is 2.65. The van der Waals surface area contributed by atoms with Crippen LogP contribution in [-0.4, -0.2) is 25.3 Å². The van der Waals surface area contributed by atoms with E-state index in [0.717, 1.165) is 23.6 Å². The van der Waals surface area contributed by atoms with E-state index < -0.39 is 0 Å². The predicted molar refractivity (Wildman–Crippen MR) is 82.2 cm³/mol. The van der Waals surface area contributed by atoms with Crippen molar-refractivity contribution in [3.63, 3.8) is 0 Å². The molecule has 5 heteroatoms. The molecule has 0 aliphatic heterocycles. The monoisotopic (exact) mass is 277 g/mol. The number of nitrogens with one attached hydrogen (secondary N) is 2. The van der Waals surface area contributed by atoms with Crippen molar-refractivity contribution >= 4 is 17.3 Å². The fraction of sp³-hybridized carbons (Fsp3) is 0.467. The molecule has 110 valence electrons. The van der Waals surface area contributed by atoms with E-state index in [-0.39, 0.29) is 12.5 Å². The second-order valence-corrected chi connectivity index (χ2v) is 5.06. The normalized spacial score (nSPS) is 11.3. The minimum absolute atomic E-state index is 0.163. The van der Waals surface area contributed by atoms with E-state index in [2.05, 4.69) is 29.7 Å². The lowest BCUT2D eigenvalue weighted by Gasteiger charge is -2.07. The van der Waals surface area contributed by atoms with Crippen molar-refractivity contribution in [3.8, 4) is 5.75 Å². The number of hydrogen-bond acceptors (Lipinski definition) is 4. The van der Waals surface area contributed by atoms with E-state index in [1.165, 1.54) is 0 Å². The smallest absolute Gasteiger partial charge is 0.259 e. The number of methoxy groups -OCH3 is 1. The van der Waals surface area contributed by atoms with Gasteiger partial charge in [0.05, 0.1) is 13.7 Å². The second kappa shape index (κ2) is 8.19. The third-order valence-electron chi connectivity index (χ3n) is 2.62. The Labute approximate surface area is 120 Å². The molecule has 1 rings (SSSR count). The molecule has 0 aromatic heterocycles. The number of carbonyl (C=O) groups is 1. The quantitative estimate of drug-likeness (QED) is 0.595. The molecular weight excluding hydrogens is 254 g/mol. The van der Waals surface area contributed by atoms with Crippen LogP contribution in [0.25, 0.3) is 0 Å². The maximum atomic E-state index is 11.6. The lowest BCUT2D eigenvalue weighted by Crippen LogP contribution is -2.26. The van der Waals surface area contributed by atoms with Crippen LogP contribution >= 0.6 is 0 Å². The zero-order valence-corrected chi connectivity index (χ0v) is 12.6. The third kappa shape index (κ3) is 6.22. The Morgan fingerprint density at radius 3 is 2.50 bits per heavy atom. The van der Waals surface area contributed by atoms with Gasteiger partial charge in [0, 0.05) is 11.4 Å². The summed E-state index contributed by atoms with van der Waals surface area (Å²) in [6.45, 7) is 6.33. The Bertz CT molecular complexity index is 453. The molecule has 5 nitrogen and oxygen atoms in total. The second-order valence-electron chi connectivity index (χ2n) is 5.06. The van der Waals surface area contributed by atoms with Gasteiger partial charge < -0.3 is 10.1 Å². The van der Waals surface area contributed by atoms with Crippen LogP contribution in [0.5, 0.6) is 5.75 Å². The average molecular weight is 277 g/mol. The van der Waals surface area contributed by atoms with E-state index in [0.29, 0.717) is 5.92 Å². The Balaban J connectivity index is 2.35. The number of benzene rings is 1. The van der Waals surface area contributed by atoms with Crippen LogP contribution in [0.1, 0.15) is 27.2 Å². The molecular formula is C15H23N3O2. The summed E-state index contributed by atoms with van der Waals surface area (Å²) in [6.07, 6.45) is 0.881. The van der Waals surface area contributed by atoms with Crippen LogP contribution in [-0.2, 0) is 4.79 Å². The van der Waals surface area contributed by atoms with Crippen molar-refractivity contribution in [3.05, 3.63) is 24.3 Å². The summed E-state index contributed by atoms with van der Waals surface area (Å²) in [5, 5.41) is 7.08. The van der Waals surface area contributed by atoms with E-state index in [9.17, 15) is 4.79 Å². The Hall–Kier alpha value is -2.04. The largest absolute Gasteiger partial charge is 0.497 e. The first-order chi connectivity index (χ1) is 9.51. The molecule has 0 fully saturated rings. The van der Waals surface area contributed by atoms with Gasteiger partial charge in [0.2, 0.25) is 0 Å². The highest BCUT2D eigenvalue weighted by Crippen LogP contribution is 2.14. The maximum Gasteiger partial charge on any atom is 0.259 e. The summed E-state index contributed by atoms with van der Waals surface area (Å²) in [7, 11) is 1.62. The van der Waals surface area contributed by atoms with Crippen molar-refractivity contribution in [2.45, 2.75) is 27.2 Å². The maximum absolute atomic E-state index is 11.6. The van der Waals surface area contributed by atoms with E-state index in [1.54, 1.807) is 7.11 Å². The molecule has 2 N–H and O–H groups in total. The average Bonchev–Trinajstić information content (AvgIpc) is 2.42. The molecule has 0 heterocycles. The summed E-state index contributed by atoms with van der Waals surface area (Å²) in [6, 6.07) is 7.40. The number of amides is 1. The zero-order chi connectivity index (χ0) is 15.0. The number of ether oxygens (including phenoxy) is 1. The molecule has 0 spiro atoms. The van der Waals surface area contributed by atoms with E-state index in [1.807, 2.05) is 31.2 Å². The molecule has 0 saturated heterocycles. The highest BCUT2D eigenvalue weighted by atomic mass is 16.5. The van der Waals surface area contributed by atoms with E-state index >= 15 is 0 Å². The first kappa shape index (κ1) is 16.0. The van der Waals surface area contributed by atoms with Crippen LogP contribution < -0.4 is 15.5 Å². The molecule has 1 aromatic rings. The molecule has 0 aliphatic carbocycles. The number of nitrogens with zero attached hydrogens (tertiary/aromatic N) is 1. The van der Waals surface area contributed by atoms with Gasteiger partial charge in [-0.3, -0.25) is 4.79 Å². The molecule has 20 heavy (non-hydrogen) atoms. The Morgan fingerprint density at radius 1 is 1.30 bits per heavy atom. The molecule has 0 saturated carbocycles. The summed E-state index contributed by atoms with van der Waals surface area (Å²) < 4.78 is 5.07.